The van der Waals surface area contributed by atoms with E-state index in [4.69, 9.17) is 4.74 Å². The number of carbonyl (C=O) groups is 1. The van der Waals surface area contributed by atoms with Crippen LogP contribution >= 0.6 is 0 Å². The fraction of sp³-hybridized carbons (Fsp3) is 0.650. The van der Waals surface area contributed by atoms with Crippen molar-refractivity contribution in [1.29, 1.82) is 0 Å². The predicted octanol–water partition coefficient (Wildman–Crippen LogP) is 4.18. The van der Waals surface area contributed by atoms with Gasteiger partial charge in [0.05, 0.1) is 0 Å². The summed E-state index contributed by atoms with van der Waals surface area (Å²) < 4.78 is 5.68. The number of phenolic OH excluding ortho intramolecular Hbond substituents is 1. The summed E-state index contributed by atoms with van der Waals surface area (Å²) in [5, 5.41) is 9.75. The van der Waals surface area contributed by atoms with Crippen molar-refractivity contribution in [3.05, 3.63) is 29.3 Å². The maximum atomic E-state index is 11.4. The number of esters is 1. The molecule has 3 heteroatoms. The highest BCUT2D eigenvalue weighted by Crippen LogP contribution is 2.61. The Labute approximate surface area is 138 Å². The first-order chi connectivity index (χ1) is 11.0. The first kappa shape index (κ1) is 15.0. The Kier molecular flexibility index (Phi) is 3.44. The van der Waals surface area contributed by atoms with E-state index in [9.17, 15) is 9.90 Å². The quantitative estimate of drug-likeness (QED) is 0.791. The Bertz CT molecular complexity index is 638. The van der Waals surface area contributed by atoms with Crippen molar-refractivity contribution in [3.63, 3.8) is 0 Å². The summed E-state index contributed by atoms with van der Waals surface area (Å²) >= 11 is 0. The van der Waals surface area contributed by atoms with Crippen LogP contribution in [0.25, 0.3) is 0 Å². The van der Waals surface area contributed by atoms with Crippen LogP contribution in [0.15, 0.2) is 18.2 Å². The van der Waals surface area contributed by atoms with Crippen LogP contribution in [0.5, 0.6) is 5.75 Å². The summed E-state index contributed by atoms with van der Waals surface area (Å²) in [6.07, 6.45) is 6.89. The van der Waals surface area contributed by atoms with E-state index in [-0.39, 0.29) is 17.5 Å². The van der Waals surface area contributed by atoms with Gasteiger partial charge in [-0.2, -0.15) is 0 Å². The number of aryl methyl sites for hydroxylation is 1. The number of hydrogen-bond donors (Lipinski definition) is 1. The molecule has 2 fully saturated rings. The maximum absolute atomic E-state index is 11.4. The lowest BCUT2D eigenvalue weighted by atomic mass is 9.55. The summed E-state index contributed by atoms with van der Waals surface area (Å²) in [5.74, 6) is 2.23. The number of aromatic hydroxyl groups is 1. The van der Waals surface area contributed by atoms with E-state index in [2.05, 4.69) is 13.0 Å². The van der Waals surface area contributed by atoms with Gasteiger partial charge in [0, 0.05) is 12.3 Å². The lowest BCUT2D eigenvalue weighted by Crippen LogP contribution is -2.45. The average molecular weight is 314 g/mol. The molecule has 0 heterocycles. The third kappa shape index (κ3) is 2.28. The summed E-state index contributed by atoms with van der Waals surface area (Å²) in [5.41, 5.74) is 2.95. The first-order valence-electron chi connectivity index (χ1n) is 8.98. The van der Waals surface area contributed by atoms with Gasteiger partial charge in [0.15, 0.2) is 0 Å². The molecule has 0 spiro atoms. The van der Waals surface area contributed by atoms with Crippen LogP contribution < -0.4 is 0 Å². The summed E-state index contributed by atoms with van der Waals surface area (Å²) in [6, 6.07) is 5.93. The topological polar surface area (TPSA) is 46.5 Å². The first-order valence-corrected chi connectivity index (χ1v) is 8.98. The number of phenols is 1. The maximum Gasteiger partial charge on any atom is 0.302 e. The van der Waals surface area contributed by atoms with Crippen molar-refractivity contribution in [3.8, 4) is 5.75 Å². The minimum Gasteiger partial charge on any atom is -0.508 e. The molecule has 0 unspecified atom stereocenters. The van der Waals surface area contributed by atoms with Crippen LogP contribution in [0.3, 0.4) is 0 Å². The highest BCUT2D eigenvalue weighted by molar-refractivity contribution is 5.66. The molecule has 0 aromatic heterocycles. The van der Waals surface area contributed by atoms with Crippen molar-refractivity contribution >= 4 is 5.97 Å². The van der Waals surface area contributed by atoms with E-state index >= 15 is 0 Å². The molecular weight excluding hydrogens is 288 g/mol. The van der Waals surface area contributed by atoms with Crippen LogP contribution in [0, 0.1) is 17.3 Å². The van der Waals surface area contributed by atoms with E-state index in [1.165, 1.54) is 37.3 Å². The molecule has 0 bridgehead atoms. The van der Waals surface area contributed by atoms with Gasteiger partial charge in [-0.15, -0.1) is 0 Å². The van der Waals surface area contributed by atoms with Crippen LogP contribution in [0.2, 0.25) is 0 Å². The zero-order chi connectivity index (χ0) is 16.2. The van der Waals surface area contributed by atoms with Crippen molar-refractivity contribution in [1.82, 2.24) is 0 Å². The minimum absolute atomic E-state index is 0.104. The molecule has 0 aliphatic heterocycles. The van der Waals surface area contributed by atoms with E-state index in [0.717, 1.165) is 19.3 Å². The number of hydrogen-bond acceptors (Lipinski definition) is 3. The van der Waals surface area contributed by atoms with E-state index < -0.39 is 0 Å². The molecule has 3 nitrogen and oxygen atoms in total. The summed E-state index contributed by atoms with van der Waals surface area (Å²) in [6.45, 7) is 3.88. The van der Waals surface area contributed by atoms with Gasteiger partial charge in [-0.1, -0.05) is 13.0 Å². The minimum atomic E-state index is -0.136. The molecule has 1 aromatic rings. The van der Waals surface area contributed by atoms with Gasteiger partial charge in [0.1, 0.15) is 11.9 Å². The smallest absolute Gasteiger partial charge is 0.302 e. The van der Waals surface area contributed by atoms with Gasteiger partial charge < -0.3 is 9.84 Å². The number of fused-ring (bicyclic) bond motifs is 5. The fourth-order valence-corrected chi connectivity index (χ4v) is 5.91. The Morgan fingerprint density at radius 2 is 2.09 bits per heavy atom. The van der Waals surface area contributed by atoms with E-state index in [0.29, 0.717) is 23.5 Å². The number of carbonyl (C=O) groups excluding carboxylic acids is 1. The van der Waals surface area contributed by atoms with Crippen LogP contribution in [0.1, 0.15) is 63.0 Å². The lowest BCUT2D eigenvalue weighted by Gasteiger charge is -2.50. The molecule has 124 valence electrons. The molecule has 1 aromatic carbocycles. The Morgan fingerprint density at radius 1 is 1.26 bits per heavy atom. The standard InChI is InChI=1S/C20H26O3/c1-12(21)23-19-8-7-18-17-5-3-13-11-14(22)4-6-15(13)16(17)9-10-20(18,19)2/h4,6,11,16-19,22H,3,5,7-10H2,1-2H3/t16-,17+,18-,19-,20-/m0/s1. The molecule has 1 N–H and O–H groups in total. The second-order valence-corrected chi connectivity index (χ2v) is 8.02. The predicted molar refractivity (Wildman–Crippen MR) is 88.3 cm³/mol. The van der Waals surface area contributed by atoms with Gasteiger partial charge >= 0.3 is 5.97 Å². The Balaban J connectivity index is 1.63. The second kappa shape index (κ2) is 5.25. The molecule has 5 atom stereocenters. The van der Waals surface area contributed by atoms with Gasteiger partial charge in [0.25, 0.3) is 0 Å². The summed E-state index contributed by atoms with van der Waals surface area (Å²) in [4.78, 5) is 11.4. The van der Waals surface area contributed by atoms with Crippen molar-refractivity contribution in [2.45, 2.75) is 64.4 Å². The lowest BCUT2D eigenvalue weighted by molar-refractivity contribution is -0.154. The third-order valence-corrected chi connectivity index (χ3v) is 6.93. The largest absolute Gasteiger partial charge is 0.508 e. The second-order valence-electron chi connectivity index (χ2n) is 8.02. The zero-order valence-electron chi connectivity index (χ0n) is 14.0. The molecule has 4 rings (SSSR count). The SMILES string of the molecule is CC(=O)O[C@H]1CC[C@H]2[C@@H]3CCc4cc(O)ccc4[C@@H]3CC[C@]12C. The normalized spacial score (nSPS) is 38.3. The molecule has 3 aliphatic carbocycles. The number of ether oxygens (including phenoxy) is 1. The Morgan fingerprint density at radius 3 is 2.87 bits per heavy atom. The Hall–Kier alpha value is -1.51. The third-order valence-electron chi connectivity index (χ3n) is 6.93. The van der Waals surface area contributed by atoms with Crippen LogP contribution in [0.4, 0.5) is 0 Å². The molecule has 23 heavy (non-hydrogen) atoms. The molecule has 2 saturated carbocycles. The van der Waals surface area contributed by atoms with Crippen molar-refractivity contribution in [2.75, 3.05) is 0 Å². The van der Waals surface area contributed by atoms with Gasteiger partial charge in [0.2, 0.25) is 0 Å². The average Bonchev–Trinajstić information content (AvgIpc) is 2.83. The fourth-order valence-electron chi connectivity index (χ4n) is 5.91. The van der Waals surface area contributed by atoms with Crippen LogP contribution in [-0.4, -0.2) is 17.2 Å². The number of rotatable bonds is 1. The highest BCUT2D eigenvalue weighted by atomic mass is 16.5. The molecular formula is C20H26O3. The zero-order valence-corrected chi connectivity index (χ0v) is 14.0. The van der Waals surface area contributed by atoms with Crippen LogP contribution in [-0.2, 0) is 16.0 Å². The molecule has 3 aliphatic rings. The van der Waals surface area contributed by atoms with E-state index in [1.54, 1.807) is 0 Å². The van der Waals surface area contributed by atoms with Gasteiger partial charge in [-0.05, 0) is 79.5 Å². The number of benzene rings is 1. The molecule has 0 radical (unpaired) electrons. The van der Waals surface area contributed by atoms with E-state index in [1.807, 2.05) is 12.1 Å². The van der Waals surface area contributed by atoms with Crippen molar-refractivity contribution < 1.29 is 14.6 Å². The highest BCUT2D eigenvalue weighted by Gasteiger charge is 2.56. The summed E-state index contributed by atoms with van der Waals surface area (Å²) in [7, 11) is 0. The van der Waals surface area contributed by atoms with Crippen molar-refractivity contribution in [2.24, 2.45) is 17.3 Å². The van der Waals surface area contributed by atoms with Gasteiger partial charge in [-0.25, -0.2) is 0 Å². The van der Waals surface area contributed by atoms with Gasteiger partial charge in [-0.3, -0.25) is 4.79 Å². The monoisotopic (exact) mass is 314 g/mol. The molecule has 0 amide bonds. The molecule has 0 saturated heterocycles.